The van der Waals surface area contributed by atoms with Crippen LogP contribution in [0.2, 0.25) is 0 Å². The first-order chi connectivity index (χ1) is 8.56. The predicted molar refractivity (Wildman–Crippen MR) is 71.5 cm³/mol. The van der Waals surface area contributed by atoms with E-state index in [0.29, 0.717) is 6.04 Å². The summed E-state index contributed by atoms with van der Waals surface area (Å²) in [6.07, 6.45) is 4.36. The molecule has 0 aromatic carbocycles. The first-order valence-corrected chi connectivity index (χ1v) is 8.03. The van der Waals surface area contributed by atoms with Gasteiger partial charge in [-0.05, 0) is 12.8 Å². The molecule has 1 aliphatic carbocycles. The molecular weight excluding hydrogens is 256 g/mol. The molecule has 106 valence electrons. The number of nitrogens with zero attached hydrogens (tertiary/aromatic N) is 1. The van der Waals surface area contributed by atoms with E-state index >= 15 is 0 Å². The Balaban J connectivity index is 1.88. The average molecular weight is 279 g/mol. The Labute approximate surface area is 112 Å². The third-order valence-corrected chi connectivity index (χ3v) is 4.68. The summed E-state index contributed by atoms with van der Waals surface area (Å²) in [7, 11) is 0. The molecule has 0 bridgehead atoms. The smallest absolute Gasteiger partial charge is 0.268 e. The second-order valence-electron chi connectivity index (χ2n) is 5.42. The molecule has 1 saturated carbocycles. The summed E-state index contributed by atoms with van der Waals surface area (Å²) in [4.78, 5) is 2.45. The van der Waals surface area contributed by atoms with Crippen molar-refractivity contribution in [3.05, 3.63) is 0 Å². The lowest BCUT2D eigenvalue weighted by atomic mass is 9.91. The number of hydrogen-bond acceptors (Lipinski definition) is 3. The van der Waals surface area contributed by atoms with Crippen LogP contribution >= 0.6 is 11.8 Å². The number of hydrogen-bond donors (Lipinski definition) is 0. The standard InChI is InChI=1S/C13H23F2NOS/c1-13(14,15)10-17-12-5-3-2-4-11(12)16-6-8-18-9-7-16/h11-12H,2-10H2,1H3. The van der Waals surface area contributed by atoms with Crippen molar-refractivity contribution in [2.45, 2.75) is 50.7 Å². The van der Waals surface area contributed by atoms with Gasteiger partial charge in [-0.2, -0.15) is 11.8 Å². The topological polar surface area (TPSA) is 12.5 Å². The van der Waals surface area contributed by atoms with Crippen molar-refractivity contribution >= 4 is 11.8 Å². The quantitative estimate of drug-likeness (QED) is 0.785. The fourth-order valence-electron chi connectivity index (χ4n) is 2.85. The van der Waals surface area contributed by atoms with Crippen LogP contribution in [0.5, 0.6) is 0 Å². The van der Waals surface area contributed by atoms with Gasteiger partial charge in [0, 0.05) is 37.6 Å². The average Bonchev–Trinajstić information content (AvgIpc) is 2.37. The van der Waals surface area contributed by atoms with Crippen LogP contribution < -0.4 is 0 Å². The molecule has 0 radical (unpaired) electrons. The minimum atomic E-state index is -2.71. The molecule has 0 amide bonds. The van der Waals surface area contributed by atoms with E-state index in [1.165, 1.54) is 6.42 Å². The van der Waals surface area contributed by atoms with E-state index in [1.807, 2.05) is 11.8 Å². The van der Waals surface area contributed by atoms with Gasteiger partial charge < -0.3 is 4.74 Å². The fourth-order valence-corrected chi connectivity index (χ4v) is 3.78. The Morgan fingerprint density at radius 2 is 1.89 bits per heavy atom. The van der Waals surface area contributed by atoms with Crippen molar-refractivity contribution in [1.29, 1.82) is 0 Å². The van der Waals surface area contributed by atoms with Crippen molar-refractivity contribution in [1.82, 2.24) is 4.90 Å². The summed E-state index contributed by atoms with van der Waals surface area (Å²) in [6.45, 7) is 2.66. The predicted octanol–water partition coefficient (Wildman–Crippen LogP) is 3.02. The van der Waals surface area contributed by atoms with E-state index in [-0.39, 0.29) is 6.10 Å². The van der Waals surface area contributed by atoms with Crippen LogP contribution in [0.25, 0.3) is 0 Å². The summed E-state index contributed by atoms with van der Waals surface area (Å²) in [6, 6.07) is 0.363. The van der Waals surface area contributed by atoms with Crippen molar-refractivity contribution in [2.75, 3.05) is 31.2 Å². The van der Waals surface area contributed by atoms with Gasteiger partial charge in [0.1, 0.15) is 6.61 Å². The van der Waals surface area contributed by atoms with Gasteiger partial charge in [0.05, 0.1) is 6.10 Å². The van der Waals surface area contributed by atoms with Crippen molar-refractivity contribution < 1.29 is 13.5 Å². The Kier molecular flexibility index (Phi) is 5.27. The van der Waals surface area contributed by atoms with Crippen LogP contribution in [0.15, 0.2) is 0 Å². The normalized spacial score (nSPS) is 31.5. The van der Waals surface area contributed by atoms with E-state index in [2.05, 4.69) is 4.90 Å². The molecule has 1 heterocycles. The third kappa shape index (κ3) is 4.35. The molecule has 18 heavy (non-hydrogen) atoms. The molecule has 0 spiro atoms. The zero-order chi connectivity index (χ0) is 13.0. The molecule has 2 rings (SSSR count). The van der Waals surface area contributed by atoms with Crippen LogP contribution in [0, 0.1) is 0 Å². The Bertz CT molecular complexity index is 254. The minimum absolute atomic E-state index is 0.00711. The van der Waals surface area contributed by atoms with Crippen LogP contribution in [0.4, 0.5) is 8.78 Å². The summed E-state index contributed by atoms with van der Waals surface area (Å²) in [5.41, 5.74) is 0. The molecule has 2 fully saturated rings. The maximum Gasteiger partial charge on any atom is 0.268 e. The minimum Gasteiger partial charge on any atom is -0.370 e. The van der Waals surface area contributed by atoms with Crippen LogP contribution in [0.1, 0.15) is 32.6 Å². The number of rotatable bonds is 4. The van der Waals surface area contributed by atoms with E-state index in [4.69, 9.17) is 4.74 Å². The van der Waals surface area contributed by atoms with Gasteiger partial charge in [-0.25, -0.2) is 8.78 Å². The van der Waals surface area contributed by atoms with E-state index in [0.717, 1.165) is 50.8 Å². The number of thioether (sulfide) groups is 1. The largest absolute Gasteiger partial charge is 0.370 e. The van der Waals surface area contributed by atoms with E-state index in [9.17, 15) is 8.78 Å². The molecule has 1 aliphatic heterocycles. The highest BCUT2D eigenvalue weighted by molar-refractivity contribution is 7.99. The van der Waals surface area contributed by atoms with E-state index < -0.39 is 12.5 Å². The Hall–Kier alpha value is 0.130. The van der Waals surface area contributed by atoms with E-state index in [1.54, 1.807) is 0 Å². The molecule has 2 atom stereocenters. The van der Waals surface area contributed by atoms with Crippen molar-refractivity contribution in [3.63, 3.8) is 0 Å². The SMILES string of the molecule is CC(F)(F)COC1CCCCC1N1CCSCC1. The number of alkyl halides is 2. The van der Waals surface area contributed by atoms with Gasteiger partial charge >= 0.3 is 0 Å². The summed E-state index contributed by atoms with van der Waals surface area (Å²) in [5.74, 6) is -0.389. The molecule has 0 aromatic rings. The third-order valence-electron chi connectivity index (χ3n) is 3.73. The van der Waals surface area contributed by atoms with Gasteiger partial charge in [-0.15, -0.1) is 0 Å². The highest BCUT2D eigenvalue weighted by Crippen LogP contribution is 2.28. The molecule has 5 heteroatoms. The van der Waals surface area contributed by atoms with Gasteiger partial charge in [-0.1, -0.05) is 12.8 Å². The van der Waals surface area contributed by atoms with Gasteiger partial charge in [0.2, 0.25) is 0 Å². The zero-order valence-corrected chi connectivity index (χ0v) is 11.9. The van der Waals surface area contributed by atoms with Crippen molar-refractivity contribution in [3.8, 4) is 0 Å². The van der Waals surface area contributed by atoms with Crippen LogP contribution in [-0.2, 0) is 4.74 Å². The Morgan fingerprint density at radius 3 is 2.56 bits per heavy atom. The molecule has 2 aliphatic rings. The van der Waals surface area contributed by atoms with Crippen molar-refractivity contribution in [2.24, 2.45) is 0 Å². The maximum atomic E-state index is 12.9. The first-order valence-electron chi connectivity index (χ1n) is 6.87. The molecule has 0 aromatic heterocycles. The highest BCUT2D eigenvalue weighted by Gasteiger charge is 2.33. The molecule has 0 N–H and O–H groups in total. The van der Waals surface area contributed by atoms with Gasteiger partial charge in [-0.3, -0.25) is 4.90 Å². The summed E-state index contributed by atoms with van der Waals surface area (Å²) >= 11 is 1.98. The molecule has 2 unspecified atom stereocenters. The number of ether oxygens (including phenoxy) is 1. The maximum absolute atomic E-state index is 12.9. The zero-order valence-electron chi connectivity index (χ0n) is 11.0. The lowest BCUT2D eigenvalue weighted by Crippen LogP contribution is -2.50. The second kappa shape index (κ2) is 6.53. The fraction of sp³-hybridized carbons (Fsp3) is 1.00. The summed E-state index contributed by atoms with van der Waals surface area (Å²) < 4.78 is 31.3. The van der Waals surface area contributed by atoms with Crippen LogP contribution in [-0.4, -0.2) is 54.2 Å². The second-order valence-corrected chi connectivity index (χ2v) is 6.64. The van der Waals surface area contributed by atoms with Crippen LogP contribution in [0.3, 0.4) is 0 Å². The van der Waals surface area contributed by atoms with Gasteiger partial charge in [0.15, 0.2) is 0 Å². The molecular formula is C13H23F2NOS. The lowest BCUT2D eigenvalue weighted by molar-refractivity contribution is -0.114. The lowest BCUT2D eigenvalue weighted by Gasteiger charge is -2.41. The first kappa shape index (κ1) is 14.5. The molecule has 1 saturated heterocycles. The number of halogens is 2. The highest BCUT2D eigenvalue weighted by atomic mass is 32.2. The summed E-state index contributed by atoms with van der Waals surface area (Å²) in [5, 5.41) is 0. The molecule has 2 nitrogen and oxygen atoms in total. The monoisotopic (exact) mass is 279 g/mol. The van der Waals surface area contributed by atoms with Gasteiger partial charge in [0.25, 0.3) is 5.92 Å². The Morgan fingerprint density at radius 1 is 1.22 bits per heavy atom.